The fraction of sp³-hybridized carbons (Fsp3) is 0.188. The van der Waals surface area contributed by atoms with Crippen molar-refractivity contribution >= 4 is 11.6 Å². The van der Waals surface area contributed by atoms with Gasteiger partial charge < -0.3 is 20.3 Å². The van der Waals surface area contributed by atoms with E-state index in [-0.39, 0.29) is 0 Å². The lowest BCUT2D eigenvalue weighted by atomic mass is 10.0. The zero-order valence-corrected chi connectivity index (χ0v) is 11.6. The zero-order valence-electron chi connectivity index (χ0n) is 11.6. The van der Waals surface area contributed by atoms with Crippen LogP contribution in [0.2, 0.25) is 0 Å². The molecule has 3 N–H and O–H groups in total. The van der Waals surface area contributed by atoms with Crippen molar-refractivity contribution in [1.82, 2.24) is 0 Å². The van der Waals surface area contributed by atoms with Gasteiger partial charge in [-0.15, -0.1) is 0 Å². The van der Waals surface area contributed by atoms with Crippen LogP contribution in [-0.4, -0.2) is 29.3 Å². The Hall–Kier alpha value is -2.37. The average molecular weight is 287 g/mol. The summed E-state index contributed by atoms with van der Waals surface area (Å²) in [5.41, 5.74) is 0.962. The Morgan fingerprint density at radius 3 is 2.48 bits per heavy atom. The summed E-state index contributed by atoms with van der Waals surface area (Å²) in [6, 6.07) is 15.3. The van der Waals surface area contributed by atoms with Crippen molar-refractivity contribution in [3.05, 3.63) is 60.2 Å². The molecule has 0 radical (unpaired) electrons. The molecule has 0 bridgehead atoms. The van der Waals surface area contributed by atoms with Crippen LogP contribution in [0.3, 0.4) is 0 Å². The van der Waals surface area contributed by atoms with Crippen molar-refractivity contribution in [1.29, 1.82) is 0 Å². The molecule has 0 aromatic heterocycles. The monoisotopic (exact) mass is 287 g/mol. The molecule has 0 fully saturated rings. The van der Waals surface area contributed by atoms with Crippen molar-refractivity contribution in [2.75, 3.05) is 12.4 Å². The number of aliphatic hydroxyl groups is 2. The van der Waals surface area contributed by atoms with Crippen LogP contribution in [0.25, 0.3) is 0 Å². The minimum atomic E-state index is -1.56. The first-order valence-corrected chi connectivity index (χ1v) is 6.48. The molecule has 0 saturated heterocycles. The van der Waals surface area contributed by atoms with Gasteiger partial charge in [0.2, 0.25) is 0 Å². The van der Waals surface area contributed by atoms with Gasteiger partial charge in [-0.1, -0.05) is 36.4 Å². The van der Waals surface area contributed by atoms with E-state index in [9.17, 15) is 15.0 Å². The van der Waals surface area contributed by atoms with Crippen LogP contribution in [0.15, 0.2) is 54.6 Å². The molecule has 5 heteroatoms. The van der Waals surface area contributed by atoms with E-state index in [2.05, 4.69) is 5.32 Å². The topological polar surface area (TPSA) is 78.8 Å². The van der Waals surface area contributed by atoms with Gasteiger partial charge in [0.05, 0.1) is 7.11 Å². The van der Waals surface area contributed by atoms with Crippen LogP contribution in [0.5, 0.6) is 5.75 Å². The maximum atomic E-state index is 12.0. The quantitative estimate of drug-likeness (QED) is 0.782. The Bertz CT molecular complexity index is 600. The highest BCUT2D eigenvalue weighted by atomic mass is 16.5. The lowest BCUT2D eigenvalue weighted by Gasteiger charge is -2.18. The predicted octanol–water partition coefficient (Wildman–Crippen LogP) is 1.73. The first kappa shape index (κ1) is 15.0. The maximum Gasteiger partial charge on any atom is 0.256 e. The van der Waals surface area contributed by atoms with E-state index in [0.29, 0.717) is 17.0 Å². The fourth-order valence-electron chi connectivity index (χ4n) is 1.89. The summed E-state index contributed by atoms with van der Waals surface area (Å²) >= 11 is 0. The minimum Gasteiger partial charge on any atom is -0.497 e. The summed E-state index contributed by atoms with van der Waals surface area (Å²) in [6.07, 6.45) is -2.84. The Kier molecular flexibility index (Phi) is 4.92. The maximum absolute atomic E-state index is 12.0. The first-order valence-electron chi connectivity index (χ1n) is 6.48. The normalized spacial score (nSPS) is 13.3. The van der Waals surface area contributed by atoms with E-state index >= 15 is 0 Å². The number of nitrogens with one attached hydrogen (secondary N) is 1. The number of rotatable bonds is 5. The summed E-state index contributed by atoms with van der Waals surface area (Å²) < 4.78 is 5.05. The SMILES string of the molecule is COc1cccc(NC(=O)C(O)C(O)c2ccccc2)c1. The van der Waals surface area contributed by atoms with E-state index in [1.807, 2.05) is 0 Å². The molecule has 0 aliphatic heterocycles. The lowest BCUT2D eigenvalue weighted by Crippen LogP contribution is -2.33. The van der Waals surface area contributed by atoms with Crippen LogP contribution in [-0.2, 0) is 4.79 Å². The molecule has 0 aliphatic carbocycles. The summed E-state index contributed by atoms with van der Waals surface area (Å²) in [5.74, 6) is -0.0921. The van der Waals surface area contributed by atoms with Crippen LogP contribution < -0.4 is 10.1 Å². The van der Waals surface area contributed by atoms with Crippen molar-refractivity contribution in [2.24, 2.45) is 0 Å². The second-order valence-corrected chi connectivity index (χ2v) is 4.52. The summed E-state index contributed by atoms with van der Waals surface area (Å²) in [4.78, 5) is 12.0. The molecule has 0 heterocycles. The number of carbonyl (C=O) groups excluding carboxylic acids is 1. The van der Waals surface area contributed by atoms with Crippen molar-refractivity contribution in [2.45, 2.75) is 12.2 Å². The Labute approximate surface area is 122 Å². The van der Waals surface area contributed by atoms with Gasteiger partial charge in [0.1, 0.15) is 11.9 Å². The van der Waals surface area contributed by atoms with Crippen LogP contribution in [0, 0.1) is 0 Å². The highest BCUT2D eigenvalue weighted by Crippen LogP contribution is 2.20. The van der Waals surface area contributed by atoms with Crippen molar-refractivity contribution < 1.29 is 19.7 Å². The number of methoxy groups -OCH3 is 1. The molecule has 2 atom stereocenters. The van der Waals surface area contributed by atoms with Crippen LogP contribution in [0.1, 0.15) is 11.7 Å². The van der Waals surface area contributed by atoms with Gasteiger partial charge in [-0.05, 0) is 17.7 Å². The van der Waals surface area contributed by atoms with Gasteiger partial charge in [0.25, 0.3) is 5.91 Å². The molecule has 2 aromatic rings. The Morgan fingerprint density at radius 2 is 1.81 bits per heavy atom. The number of aliphatic hydroxyl groups excluding tert-OH is 2. The molecule has 21 heavy (non-hydrogen) atoms. The molecule has 2 rings (SSSR count). The number of ether oxygens (including phenoxy) is 1. The van der Waals surface area contributed by atoms with E-state index in [4.69, 9.17) is 4.74 Å². The Balaban J connectivity index is 2.05. The molecule has 2 aromatic carbocycles. The van der Waals surface area contributed by atoms with Crippen LogP contribution >= 0.6 is 0 Å². The van der Waals surface area contributed by atoms with Gasteiger partial charge in [-0.3, -0.25) is 4.79 Å². The summed E-state index contributed by atoms with van der Waals surface area (Å²) in [5, 5.41) is 22.5. The van der Waals surface area contributed by atoms with Gasteiger partial charge >= 0.3 is 0 Å². The van der Waals surface area contributed by atoms with Crippen molar-refractivity contribution in [3.63, 3.8) is 0 Å². The second-order valence-electron chi connectivity index (χ2n) is 4.52. The average Bonchev–Trinajstić information content (AvgIpc) is 2.54. The number of anilines is 1. The largest absolute Gasteiger partial charge is 0.497 e. The standard InChI is InChI=1S/C16H17NO4/c1-21-13-9-5-8-12(10-13)17-16(20)15(19)14(18)11-6-3-2-4-7-11/h2-10,14-15,18-19H,1H3,(H,17,20). The number of hydrogen-bond donors (Lipinski definition) is 3. The van der Waals surface area contributed by atoms with Gasteiger partial charge in [-0.2, -0.15) is 0 Å². The summed E-state index contributed by atoms with van der Waals surface area (Å²) in [7, 11) is 1.52. The number of amides is 1. The summed E-state index contributed by atoms with van der Waals surface area (Å²) in [6.45, 7) is 0. The van der Waals surface area contributed by atoms with E-state index in [1.54, 1.807) is 54.6 Å². The minimum absolute atomic E-state index is 0.478. The van der Waals surface area contributed by atoms with E-state index in [0.717, 1.165) is 0 Å². The predicted molar refractivity (Wildman–Crippen MR) is 79.0 cm³/mol. The molecule has 0 saturated carbocycles. The van der Waals surface area contributed by atoms with E-state index < -0.39 is 18.1 Å². The third-order valence-electron chi connectivity index (χ3n) is 3.05. The molecular formula is C16H17NO4. The zero-order chi connectivity index (χ0) is 15.2. The molecule has 1 amide bonds. The first-order chi connectivity index (χ1) is 10.1. The molecular weight excluding hydrogens is 270 g/mol. The number of carbonyl (C=O) groups is 1. The highest BCUT2D eigenvalue weighted by Gasteiger charge is 2.25. The fourth-order valence-corrected chi connectivity index (χ4v) is 1.89. The smallest absolute Gasteiger partial charge is 0.256 e. The van der Waals surface area contributed by atoms with Gasteiger partial charge in [-0.25, -0.2) is 0 Å². The highest BCUT2D eigenvalue weighted by molar-refractivity contribution is 5.94. The van der Waals surface area contributed by atoms with Crippen LogP contribution in [0.4, 0.5) is 5.69 Å². The lowest BCUT2D eigenvalue weighted by molar-refractivity contribution is -0.129. The molecule has 110 valence electrons. The van der Waals surface area contributed by atoms with E-state index in [1.165, 1.54) is 7.11 Å². The number of benzene rings is 2. The van der Waals surface area contributed by atoms with Gasteiger partial charge in [0.15, 0.2) is 6.10 Å². The van der Waals surface area contributed by atoms with Crippen molar-refractivity contribution in [3.8, 4) is 5.75 Å². The third-order valence-corrected chi connectivity index (χ3v) is 3.05. The second kappa shape index (κ2) is 6.88. The molecule has 0 spiro atoms. The molecule has 5 nitrogen and oxygen atoms in total. The third kappa shape index (κ3) is 3.81. The van der Waals surface area contributed by atoms with Gasteiger partial charge in [0, 0.05) is 11.8 Å². The molecule has 2 unspecified atom stereocenters. The number of hydrogen-bond acceptors (Lipinski definition) is 4. The molecule has 0 aliphatic rings. The Morgan fingerprint density at radius 1 is 1.10 bits per heavy atom.